The number of ether oxygens (including phenoxy) is 1. The summed E-state index contributed by atoms with van der Waals surface area (Å²) in [4.78, 5) is 16.6. The fourth-order valence-corrected chi connectivity index (χ4v) is 3.52. The summed E-state index contributed by atoms with van der Waals surface area (Å²) in [6, 6.07) is 9.38. The van der Waals surface area contributed by atoms with Gasteiger partial charge in [0.2, 0.25) is 0 Å². The van der Waals surface area contributed by atoms with E-state index in [4.69, 9.17) is 16.3 Å². The number of fused-ring (bicyclic) bond motifs is 1. The van der Waals surface area contributed by atoms with Crippen LogP contribution in [-0.4, -0.2) is 17.5 Å². The van der Waals surface area contributed by atoms with Gasteiger partial charge < -0.3 is 4.74 Å². The van der Waals surface area contributed by atoms with E-state index in [-0.39, 0.29) is 12.5 Å². The third-order valence-corrected chi connectivity index (χ3v) is 5.00. The van der Waals surface area contributed by atoms with Crippen molar-refractivity contribution < 1.29 is 9.53 Å². The Morgan fingerprint density at radius 2 is 2.00 bits per heavy atom. The number of benzene rings is 2. The molecule has 0 aliphatic heterocycles. The van der Waals surface area contributed by atoms with Crippen molar-refractivity contribution >= 4 is 44.2 Å². The first-order valence-corrected chi connectivity index (χ1v) is 8.69. The maximum absolute atomic E-state index is 12.1. The monoisotopic (exact) mass is 360 g/mol. The Labute approximate surface area is 149 Å². The van der Waals surface area contributed by atoms with Gasteiger partial charge in [-0.25, -0.2) is 4.98 Å². The Balaban J connectivity index is 1.67. The van der Waals surface area contributed by atoms with Gasteiger partial charge in [-0.05, 0) is 61.7 Å². The zero-order chi connectivity index (χ0) is 17.3. The Kier molecular flexibility index (Phi) is 4.73. The molecule has 3 aromatic rings. The predicted molar refractivity (Wildman–Crippen MR) is 99.4 cm³/mol. The molecule has 3 rings (SSSR count). The molecule has 124 valence electrons. The molecule has 0 bridgehead atoms. The summed E-state index contributed by atoms with van der Waals surface area (Å²) in [6.07, 6.45) is 0. The maximum Gasteiger partial charge on any atom is 0.264 e. The number of nitrogens with zero attached hydrogens (tertiary/aromatic N) is 1. The molecule has 1 heterocycles. The smallest absolute Gasteiger partial charge is 0.264 e. The number of amides is 1. The van der Waals surface area contributed by atoms with Crippen LogP contribution in [0.5, 0.6) is 5.75 Å². The molecule has 1 amide bonds. The van der Waals surface area contributed by atoms with Crippen molar-refractivity contribution in [3.8, 4) is 5.75 Å². The standard InChI is InChI=1S/C18H17ClN2O2S/c1-10-4-7-15-17(12(10)3)21-18(24-15)20-16(22)9-23-14-6-5-13(19)8-11(14)2/h4-8H,9H2,1-3H3,(H,20,21,22). The highest BCUT2D eigenvalue weighted by molar-refractivity contribution is 7.22. The fourth-order valence-electron chi connectivity index (χ4n) is 2.35. The molecule has 1 N–H and O–H groups in total. The molecule has 6 heteroatoms. The van der Waals surface area contributed by atoms with Gasteiger partial charge in [0, 0.05) is 5.02 Å². The maximum atomic E-state index is 12.1. The summed E-state index contributed by atoms with van der Waals surface area (Å²) in [5.41, 5.74) is 4.15. The lowest BCUT2D eigenvalue weighted by Crippen LogP contribution is -2.20. The Bertz CT molecular complexity index is 921. The number of aromatic nitrogens is 1. The van der Waals surface area contributed by atoms with Crippen LogP contribution < -0.4 is 10.1 Å². The van der Waals surface area contributed by atoms with E-state index in [2.05, 4.69) is 23.3 Å². The van der Waals surface area contributed by atoms with E-state index in [0.29, 0.717) is 15.9 Å². The molecule has 4 nitrogen and oxygen atoms in total. The van der Waals surface area contributed by atoms with Crippen LogP contribution in [0.25, 0.3) is 10.2 Å². The molecule has 0 saturated carbocycles. The van der Waals surface area contributed by atoms with Crippen molar-refractivity contribution in [3.05, 3.63) is 52.0 Å². The molecule has 1 aromatic heterocycles. The summed E-state index contributed by atoms with van der Waals surface area (Å²) >= 11 is 7.37. The lowest BCUT2D eigenvalue weighted by atomic mass is 10.1. The third kappa shape index (κ3) is 3.52. The normalized spacial score (nSPS) is 10.8. The van der Waals surface area contributed by atoms with Gasteiger partial charge >= 0.3 is 0 Å². The van der Waals surface area contributed by atoms with Gasteiger partial charge in [-0.1, -0.05) is 29.0 Å². The van der Waals surface area contributed by atoms with Crippen molar-refractivity contribution in [3.63, 3.8) is 0 Å². The highest BCUT2D eigenvalue weighted by Gasteiger charge is 2.11. The fraction of sp³-hybridized carbons (Fsp3) is 0.222. The van der Waals surface area contributed by atoms with Crippen LogP contribution in [-0.2, 0) is 4.79 Å². The summed E-state index contributed by atoms with van der Waals surface area (Å²) in [6.45, 7) is 5.90. The van der Waals surface area contributed by atoms with E-state index < -0.39 is 0 Å². The SMILES string of the molecule is Cc1cc(Cl)ccc1OCC(=O)Nc1nc2c(C)c(C)ccc2s1. The number of nitrogens with one attached hydrogen (secondary N) is 1. The average molecular weight is 361 g/mol. The second kappa shape index (κ2) is 6.79. The number of hydrogen-bond donors (Lipinski definition) is 1. The molecule has 0 unspecified atom stereocenters. The van der Waals surface area contributed by atoms with E-state index >= 15 is 0 Å². The first-order chi connectivity index (χ1) is 11.4. The number of hydrogen-bond acceptors (Lipinski definition) is 4. The van der Waals surface area contributed by atoms with E-state index in [0.717, 1.165) is 21.3 Å². The molecular formula is C18H17ClN2O2S. The minimum absolute atomic E-state index is 0.0730. The first kappa shape index (κ1) is 16.7. The van der Waals surface area contributed by atoms with Crippen LogP contribution in [0.1, 0.15) is 16.7 Å². The van der Waals surface area contributed by atoms with Crippen LogP contribution >= 0.6 is 22.9 Å². The van der Waals surface area contributed by atoms with Gasteiger partial charge in [-0.15, -0.1) is 0 Å². The summed E-state index contributed by atoms with van der Waals surface area (Å²) in [5, 5.41) is 4.02. The summed E-state index contributed by atoms with van der Waals surface area (Å²) in [7, 11) is 0. The van der Waals surface area contributed by atoms with Crippen molar-refractivity contribution in [2.24, 2.45) is 0 Å². The van der Waals surface area contributed by atoms with Gasteiger partial charge in [0.25, 0.3) is 5.91 Å². The van der Waals surface area contributed by atoms with Gasteiger partial charge in [0.05, 0.1) is 10.2 Å². The zero-order valence-corrected chi connectivity index (χ0v) is 15.2. The Morgan fingerprint density at radius 3 is 2.75 bits per heavy atom. The summed E-state index contributed by atoms with van der Waals surface area (Å²) < 4.78 is 6.61. The topological polar surface area (TPSA) is 51.2 Å². The van der Waals surface area contributed by atoms with Crippen LogP contribution in [0.15, 0.2) is 30.3 Å². The molecule has 24 heavy (non-hydrogen) atoms. The number of thiazole rings is 1. The molecule has 0 aliphatic rings. The molecule has 0 spiro atoms. The molecule has 0 radical (unpaired) electrons. The number of aryl methyl sites for hydroxylation is 3. The van der Waals surface area contributed by atoms with Gasteiger partial charge in [0.1, 0.15) is 5.75 Å². The van der Waals surface area contributed by atoms with Crippen molar-refractivity contribution in [2.45, 2.75) is 20.8 Å². The molecule has 0 fully saturated rings. The number of anilines is 1. The number of halogens is 1. The van der Waals surface area contributed by atoms with Gasteiger partial charge in [-0.2, -0.15) is 0 Å². The quantitative estimate of drug-likeness (QED) is 0.720. The van der Waals surface area contributed by atoms with Crippen molar-refractivity contribution in [1.29, 1.82) is 0 Å². The first-order valence-electron chi connectivity index (χ1n) is 7.49. The number of carbonyl (C=O) groups is 1. The van der Waals surface area contributed by atoms with Gasteiger partial charge in [0.15, 0.2) is 11.7 Å². The minimum Gasteiger partial charge on any atom is -0.483 e. The van der Waals surface area contributed by atoms with E-state index in [1.54, 1.807) is 18.2 Å². The van der Waals surface area contributed by atoms with E-state index in [9.17, 15) is 4.79 Å². The van der Waals surface area contributed by atoms with Crippen LogP contribution in [0.3, 0.4) is 0 Å². The van der Waals surface area contributed by atoms with Crippen molar-refractivity contribution in [2.75, 3.05) is 11.9 Å². The van der Waals surface area contributed by atoms with Crippen LogP contribution in [0.2, 0.25) is 5.02 Å². The molecule has 0 saturated heterocycles. The van der Waals surface area contributed by atoms with Gasteiger partial charge in [-0.3, -0.25) is 10.1 Å². The lowest BCUT2D eigenvalue weighted by molar-refractivity contribution is -0.118. The third-order valence-electron chi connectivity index (χ3n) is 3.83. The molecule has 2 aromatic carbocycles. The molecule has 0 atom stereocenters. The van der Waals surface area contributed by atoms with Crippen LogP contribution in [0, 0.1) is 20.8 Å². The predicted octanol–water partition coefficient (Wildman–Crippen LogP) is 4.89. The molecular weight excluding hydrogens is 344 g/mol. The number of rotatable bonds is 4. The molecule has 0 aliphatic carbocycles. The highest BCUT2D eigenvalue weighted by Crippen LogP contribution is 2.29. The minimum atomic E-state index is -0.238. The second-order valence-electron chi connectivity index (χ2n) is 5.62. The lowest BCUT2D eigenvalue weighted by Gasteiger charge is -2.08. The van der Waals surface area contributed by atoms with Crippen molar-refractivity contribution in [1.82, 2.24) is 4.98 Å². The Morgan fingerprint density at radius 1 is 1.21 bits per heavy atom. The van der Waals surface area contributed by atoms with Crippen LogP contribution in [0.4, 0.5) is 5.13 Å². The highest BCUT2D eigenvalue weighted by atomic mass is 35.5. The second-order valence-corrected chi connectivity index (χ2v) is 7.09. The summed E-state index contributed by atoms with van der Waals surface area (Å²) in [5.74, 6) is 0.406. The van der Waals surface area contributed by atoms with E-state index in [1.165, 1.54) is 16.9 Å². The average Bonchev–Trinajstić information content (AvgIpc) is 2.93. The Hall–Kier alpha value is -2.11. The van der Waals surface area contributed by atoms with E-state index in [1.807, 2.05) is 19.9 Å². The largest absolute Gasteiger partial charge is 0.483 e. The number of carbonyl (C=O) groups excluding carboxylic acids is 1. The zero-order valence-electron chi connectivity index (χ0n) is 13.6.